The summed E-state index contributed by atoms with van der Waals surface area (Å²) >= 11 is 0. The summed E-state index contributed by atoms with van der Waals surface area (Å²) in [4.78, 5) is 11.0. The molecule has 0 radical (unpaired) electrons. The Kier molecular flexibility index (Phi) is 1.80. The summed E-state index contributed by atoms with van der Waals surface area (Å²) in [5.74, 6) is 0.338. The number of rotatable bonds is 1. The Balaban J connectivity index is 3.32. The van der Waals surface area contributed by atoms with Crippen molar-refractivity contribution in [1.29, 1.82) is 0 Å². The molecule has 0 spiro atoms. The Morgan fingerprint density at radius 3 is 2.82 bits per heavy atom. The fraction of sp³-hybridized carbons (Fsp3) is 0.333. The van der Waals surface area contributed by atoms with Crippen LogP contribution in [0.5, 0.6) is 5.88 Å². The van der Waals surface area contributed by atoms with E-state index >= 15 is 0 Å². The van der Waals surface area contributed by atoms with Crippen molar-refractivity contribution in [3.8, 4) is 5.88 Å². The highest BCUT2D eigenvalue weighted by Gasteiger charge is 2.00. The van der Waals surface area contributed by atoms with Crippen LogP contribution in [0, 0.1) is 0 Å². The van der Waals surface area contributed by atoms with Crippen LogP contribution in [0.3, 0.4) is 0 Å². The lowest BCUT2D eigenvalue weighted by molar-refractivity contribution is 0.382. The van der Waals surface area contributed by atoms with Crippen LogP contribution in [-0.2, 0) is 7.05 Å². The minimum Gasteiger partial charge on any atom is -0.480 e. The number of nitrogens with zero attached hydrogens (tertiary/aromatic N) is 2. The third kappa shape index (κ3) is 1.31. The van der Waals surface area contributed by atoms with E-state index in [9.17, 15) is 4.79 Å². The highest BCUT2D eigenvalue weighted by atomic mass is 16.5. The number of aromatic nitrogens is 2. The number of methoxy groups -OCH3 is 1. The first-order chi connectivity index (χ1) is 5.15. The van der Waals surface area contributed by atoms with Gasteiger partial charge in [-0.15, -0.1) is 5.10 Å². The molecule has 0 unspecified atom stereocenters. The van der Waals surface area contributed by atoms with Crippen LogP contribution in [0.4, 0.5) is 5.69 Å². The van der Waals surface area contributed by atoms with E-state index < -0.39 is 0 Å². The third-order valence-electron chi connectivity index (χ3n) is 1.28. The molecule has 0 saturated carbocycles. The van der Waals surface area contributed by atoms with Crippen molar-refractivity contribution in [2.24, 2.45) is 7.05 Å². The van der Waals surface area contributed by atoms with Gasteiger partial charge in [-0.25, -0.2) is 4.68 Å². The van der Waals surface area contributed by atoms with Crippen molar-refractivity contribution in [2.45, 2.75) is 0 Å². The van der Waals surface area contributed by atoms with Gasteiger partial charge in [0.25, 0.3) is 5.56 Å². The highest BCUT2D eigenvalue weighted by Crippen LogP contribution is 2.04. The van der Waals surface area contributed by atoms with Crippen molar-refractivity contribution >= 4 is 5.69 Å². The van der Waals surface area contributed by atoms with Gasteiger partial charge < -0.3 is 10.5 Å². The molecule has 1 heterocycles. The molecule has 0 bridgehead atoms. The van der Waals surface area contributed by atoms with Gasteiger partial charge in [-0.05, 0) is 0 Å². The lowest BCUT2D eigenvalue weighted by Crippen LogP contribution is -2.22. The van der Waals surface area contributed by atoms with Crippen LogP contribution in [-0.4, -0.2) is 16.9 Å². The largest absolute Gasteiger partial charge is 0.480 e. The number of aryl methyl sites for hydroxylation is 1. The maximum Gasteiger partial charge on any atom is 0.289 e. The van der Waals surface area contributed by atoms with Crippen molar-refractivity contribution in [1.82, 2.24) is 9.78 Å². The molecule has 1 aromatic heterocycles. The predicted molar refractivity (Wildman–Crippen MR) is 40.4 cm³/mol. The second-order valence-electron chi connectivity index (χ2n) is 2.07. The zero-order chi connectivity index (χ0) is 8.43. The van der Waals surface area contributed by atoms with Crippen LogP contribution in [0.25, 0.3) is 0 Å². The van der Waals surface area contributed by atoms with Gasteiger partial charge in [0, 0.05) is 13.1 Å². The second-order valence-corrected chi connectivity index (χ2v) is 2.07. The maximum atomic E-state index is 11.0. The van der Waals surface area contributed by atoms with Crippen molar-refractivity contribution in [3.63, 3.8) is 0 Å². The number of nitrogens with two attached hydrogens (primary N) is 1. The second kappa shape index (κ2) is 2.61. The summed E-state index contributed by atoms with van der Waals surface area (Å²) in [6, 6.07) is 1.39. The summed E-state index contributed by atoms with van der Waals surface area (Å²) in [5, 5.41) is 3.75. The highest BCUT2D eigenvalue weighted by molar-refractivity contribution is 5.37. The molecular formula is C6H9N3O2. The van der Waals surface area contributed by atoms with Crippen LogP contribution in [0.1, 0.15) is 0 Å². The van der Waals surface area contributed by atoms with Gasteiger partial charge in [-0.3, -0.25) is 4.79 Å². The van der Waals surface area contributed by atoms with Crippen LogP contribution in [0.15, 0.2) is 10.9 Å². The first kappa shape index (κ1) is 7.59. The fourth-order valence-electron chi connectivity index (χ4n) is 0.703. The SMILES string of the molecule is COc1cc(N)c(=O)n(C)n1. The first-order valence-electron chi connectivity index (χ1n) is 3.03. The summed E-state index contributed by atoms with van der Waals surface area (Å²) in [7, 11) is 2.98. The number of nitrogen functional groups attached to an aromatic ring is 1. The van der Waals surface area contributed by atoms with Crippen LogP contribution >= 0.6 is 0 Å². The Labute approximate surface area is 63.4 Å². The fourth-order valence-corrected chi connectivity index (χ4v) is 0.703. The molecule has 1 rings (SSSR count). The summed E-state index contributed by atoms with van der Waals surface area (Å²) in [6.07, 6.45) is 0. The molecule has 0 atom stereocenters. The van der Waals surface area contributed by atoms with E-state index in [0.29, 0.717) is 5.88 Å². The quantitative estimate of drug-likeness (QED) is 0.586. The van der Waals surface area contributed by atoms with E-state index in [1.165, 1.54) is 20.2 Å². The molecule has 5 nitrogen and oxygen atoms in total. The van der Waals surface area contributed by atoms with Gasteiger partial charge in [0.15, 0.2) is 0 Å². The Morgan fingerprint density at radius 2 is 2.36 bits per heavy atom. The molecule has 0 aliphatic heterocycles. The average Bonchev–Trinajstić information content (AvgIpc) is 1.99. The summed E-state index contributed by atoms with van der Waals surface area (Å²) < 4.78 is 5.91. The molecule has 60 valence electrons. The van der Waals surface area contributed by atoms with E-state index in [4.69, 9.17) is 10.5 Å². The molecule has 1 aromatic rings. The minimum atomic E-state index is -0.314. The Hall–Kier alpha value is -1.52. The van der Waals surface area contributed by atoms with Gasteiger partial charge in [0.2, 0.25) is 5.88 Å². The van der Waals surface area contributed by atoms with Gasteiger partial charge >= 0.3 is 0 Å². The average molecular weight is 155 g/mol. The van der Waals surface area contributed by atoms with E-state index in [1.807, 2.05) is 0 Å². The predicted octanol–water partition coefficient (Wildman–Crippen LogP) is -0.629. The zero-order valence-electron chi connectivity index (χ0n) is 6.37. The topological polar surface area (TPSA) is 70.1 Å². The van der Waals surface area contributed by atoms with Crippen molar-refractivity contribution in [2.75, 3.05) is 12.8 Å². The smallest absolute Gasteiger partial charge is 0.289 e. The molecule has 0 aliphatic rings. The summed E-state index contributed by atoms with van der Waals surface area (Å²) in [6.45, 7) is 0. The Bertz CT molecular complexity index is 292. The molecule has 0 saturated heterocycles. The van der Waals surface area contributed by atoms with Gasteiger partial charge in [-0.2, -0.15) is 0 Å². The molecule has 0 aliphatic carbocycles. The zero-order valence-corrected chi connectivity index (χ0v) is 6.37. The molecule has 11 heavy (non-hydrogen) atoms. The lowest BCUT2D eigenvalue weighted by atomic mass is 10.5. The first-order valence-corrected chi connectivity index (χ1v) is 3.03. The molecular weight excluding hydrogens is 146 g/mol. The van der Waals surface area contributed by atoms with Gasteiger partial charge in [0.1, 0.15) is 5.69 Å². The van der Waals surface area contributed by atoms with E-state index in [0.717, 1.165) is 4.68 Å². The van der Waals surface area contributed by atoms with Gasteiger partial charge in [0.05, 0.1) is 7.11 Å². The monoisotopic (exact) mass is 155 g/mol. The number of ether oxygens (including phenoxy) is 1. The van der Waals surface area contributed by atoms with Crippen molar-refractivity contribution < 1.29 is 4.74 Å². The molecule has 0 amide bonds. The van der Waals surface area contributed by atoms with E-state index in [1.54, 1.807) is 0 Å². The van der Waals surface area contributed by atoms with Crippen molar-refractivity contribution in [3.05, 3.63) is 16.4 Å². The molecule has 0 fully saturated rings. The number of anilines is 1. The molecule has 2 N–H and O–H groups in total. The number of hydrogen-bond acceptors (Lipinski definition) is 4. The number of hydrogen-bond donors (Lipinski definition) is 1. The standard InChI is InChI=1S/C6H9N3O2/c1-9-6(10)4(7)3-5(8-9)11-2/h3H,7H2,1-2H3. The van der Waals surface area contributed by atoms with Crippen LogP contribution in [0.2, 0.25) is 0 Å². The maximum absolute atomic E-state index is 11.0. The van der Waals surface area contributed by atoms with E-state index in [-0.39, 0.29) is 11.2 Å². The normalized spacial score (nSPS) is 9.64. The lowest BCUT2D eigenvalue weighted by Gasteiger charge is -2.01. The minimum absolute atomic E-state index is 0.138. The van der Waals surface area contributed by atoms with Crippen LogP contribution < -0.4 is 16.0 Å². The van der Waals surface area contributed by atoms with E-state index in [2.05, 4.69) is 5.10 Å². The third-order valence-corrected chi connectivity index (χ3v) is 1.28. The molecule has 5 heteroatoms. The molecule has 0 aromatic carbocycles. The van der Waals surface area contributed by atoms with Gasteiger partial charge in [-0.1, -0.05) is 0 Å². The summed E-state index contributed by atoms with van der Waals surface area (Å²) in [5.41, 5.74) is 5.17. The Morgan fingerprint density at radius 1 is 1.73 bits per heavy atom.